The molecule has 0 atom stereocenters. The average molecular weight is 386 g/mol. The molecule has 1 N–H and O–H groups in total. The fourth-order valence-corrected chi connectivity index (χ4v) is 4.66. The van der Waals surface area contributed by atoms with Crippen molar-refractivity contribution in [2.24, 2.45) is 0 Å². The fraction of sp³-hybridized carbons (Fsp3) is 0.500. The van der Waals surface area contributed by atoms with Crippen LogP contribution in [0.3, 0.4) is 0 Å². The van der Waals surface area contributed by atoms with E-state index in [-0.39, 0.29) is 5.91 Å². The highest BCUT2D eigenvalue weighted by molar-refractivity contribution is 7.14. The molecule has 3 rings (SSSR count). The molecule has 1 aromatic heterocycles. The van der Waals surface area contributed by atoms with Gasteiger partial charge in [-0.05, 0) is 42.6 Å². The van der Waals surface area contributed by atoms with Crippen molar-refractivity contribution in [3.05, 3.63) is 56.8 Å². The maximum Gasteiger partial charge on any atom is 0.261 e. The summed E-state index contributed by atoms with van der Waals surface area (Å²) in [7, 11) is 0. The summed E-state index contributed by atoms with van der Waals surface area (Å²) in [6, 6.07) is 10.5. The molecular weight excluding hydrogens is 354 g/mol. The Kier molecular flexibility index (Phi) is 7.05. The second kappa shape index (κ2) is 9.49. The van der Waals surface area contributed by atoms with Crippen LogP contribution in [-0.4, -0.2) is 48.4 Å². The van der Waals surface area contributed by atoms with E-state index in [0.717, 1.165) is 50.6 Å². The van der Waals surface area contributed by atoms with Crippen LogP contribution in [-0.2, 0) is 19.5 Å². The van der Waals surface area contributed by atoms with Gasteiger partial charge in [0.2, 0.25) is 0 Å². The third kappa shape index (κ3) is 5.18. The quantitative estimate of drug-likeness (QED) is 0.790. The van der Waals surface area contributed by atoms with Gasteiger partial charge in [-0.2, -0.15) is 0 Å². The summed E-state index contributed by atoms with van der Waals surface area (Å²) in [6.07, 6.45) is 0.976. The summed E-state index contributed by atoms with van der Waals surface area (Å²) < 4.78 is 0. The number of carbonyl (C=O) groups is 1. The predicted molar refractivity (Wildman–Crippen MR) is 113 cm³/mol. The summed E-state index contributed by atoms with van der Waals surface area (Å²) in [4.78, 5) is 19.6. The van der Waals surface area contributed by atoms with Crippen molar-refractivity contribution in [3.63, 3.8) is 0 Å². The van der Waals surface area contributed by atoms with Gasteiger partial charge in [-0.25, -0.2) is 0 Å². The van der Waals surface area contributed by atoms with E-state index in [1.807, 2.05) is 6.07 Å². The molecular formula is C22H31N3OS. The topological polar surface area (TPSA) is 35.6 Å². The highest BCUT2D eigenvalue weighted by Gasteiger charge is 2.17. The van der Waals surface area contributed by atoms with Crippen LogP contribution in [0.4, 0.5) is 0 Å². The smallest absolute Gasteiger partial charge is 0.261 e. The van der Waals surface area contributed by atoms with Crippen molar-refractivity contribution < 1.29 is 4.79 Å². The summed E-state index contributed by atoms with van der Waals surface area (Å²) >= 11 is 1.59. The minimum absolute atomic E-state index is 0.0363. The predicted octanol–water partition coefficient (Wildman–Crippen LogP) is 3.69. The SMILES string of the molecule is CCc1cc(C(=O)NCc2ccccc2CN2CCN(CC)CC2)sc1C. The minimum Gasteiger partial charge on any atom is -0.347 e. The van der Waals surface area contributed by atoms with Crippen LogP contribution < -0.4 is 5.32 Å². The number of aryl methyl sites for hydroxylation is 2. The highest BCUT2D eigenvalue weighted by Crippen LogP contribution is 2.22. The van der Waals surface area contributed by atoms with Crippen LogP contribution in [0.15, 0.2) is 30.3 Å². The third-order valence-corrected chi connectivity index (χ3v) is 6.58. The molecule has 1 fully saturated rings. The maximum absolute atomic E-state index is 12.6. The first kappa shape index (κ1) is 20.1. The summed E-state index contributed by atoms with van der Waals surface area (Å²) in [5.74, 6) is 0.0363. The van der Waals surface area contributed by atoms with Gasteiger partial charge in [0, 0.05) is 44.1 Å². The second-order valence-electron chi connectivity index (χ2n) is 7.21. The molecule has 2 heterocycles. The Morgan fingerprint density at radius 1 is 1.04 bits per heavy atom. The molecule has 0 spiro atoms. The Bertz CT molecular complexity index is 763. The first-order valence-corrected chi connectivity index (χ1v) is 10.8. The van der Waals surface area contributed by atoms with Crippen LogP contribution in [0.2, 0.25) is 0 Å². The lowest BCUT2D eigenvalue weighted by atomic mass is 10.1. The van der Waals surface area contributed by atoms with E-state index >= 15 is 0 Å². The van der Waals surface area contributed by atoms with Crippen molar-refractivity contribution in [2.45, 2.75) is 40.3 Å². The third-order valence-electron chi connectivity index (χ3n) is 5.49. The van der Waals surface area contributed by atoms with E-state index in [0.29, 0.717) is 6.54 Å². The van der Waals surface area contributed by atoms with E-state index in [4.69, 9.17) is 0 Å². The maximum atomic E-state index is 12.6. The largest absolute Gasteiger partial charge is 0.347 e. The zero-order chi connectivity index (χ0) is 19.2. The van der Waals surface area contributed by atoms with Gasteiger partial charge in [0.25, 0.3) is 5.91 Å². The van der Waals surface area contributed by atoms with Gasteiger partial charge in [0.05, 0.1) is 4.88 Å². The Morgan fingerprint density at radius 2 is 1.70 bits per heavy atom. The van der Waals surface area contributed by atoms with E-state index < -0.39 is 0 Å². The molecule has 0 aliphatic carbocycles. The van der Waals surface area contributed by atoms with Gasteiger partial charge >= 0.3 is 0 Å². The van der Waals surface area contributed by atoms with E-state index in [9.17, 15) is 4.79 Å². The summed E-state index contributed by atoms with van der Waals surface area (Å²) in [6.45, 7) is 13.7. The lowest BCUT2D eigenvalue weighted by molar-refractivity contribution is 0.0954. The summed E-state index contributed by atoms with van der Waals surface area (Å²) in [5.41, 5.74) is 3.81. The van der Waals surface area contributed by atoms with Crippen LogP contribution in [0, 0.1) is 6.92 Å². The van der Waals surface area contributed by atoms with Crippen molar-refractivity contribution >= 4 is 17.2 Å². The van der Waals surface area contributed by atoms with E-state index in [1.54, 1.807) is 11.3 Å². The summed E-state index contributed by atoms with van der Waals surface area (Å²) in [5, 5.41) is 3.12. The Labute approximate surface area is 167 Å². The normalized spacial score (nSPS) is 15.8. The monoisotopic (exact) mass is 385 g/mol. The van der Waals surface area contributed by atoms with Crippen LogP contribution in [0.5, 0.6) is 0 Å². The Morgan fingerprint density at radius 3 is 2.33 bits per heavy atom. The van der Waals surface area contributed by atoms with Gasteiger partial charge in [-0.3, -0.25) is 9.69 Å². The molecule has 0 radical (unpaired) electrons. The standard InChI is InChI=1S/C22H31N3OS/c1-4-18-14-21(27-17(18)3)22(26)23-15-19-8-6-7-9-20(19)16-25-12-10-24(5-2)11-13-25/h6-9,14H,4-5,10-13,15-16H2,1-3H3,(H,23,26). The lowest BCUT2D eigenvalue weighted by Crippen LogP contribution is -2.45. The number of carbonyl (C=O) groups excluding carboxylic acids is 1. The van der Waals surface area contributed by atoms with E-state index in [2.05, 4.69) is 60.2 Å². The highest BCUT2D eigenvalue weighted by atomic mass is 32.1. The van der Waals surface area contributed by atoms with Crippen LogP contribution in [0.1, 0.15) is 45.1 Å². The molecule has 5 heteroatoms. The van der Waals surface area contributed by atoms with E-state index in [1.165, 1.54) is 21.6 Å². The second-order valence-corrected chi connectivity index (χ2v) is 8.46. The Balaban J connectivity index is 1.59. The zero-order valence-electron chi connectivity index (χ0n) is 16.8. The number of amides is 1. The molecule has 0 saturated carbocycles. The first-order valence-electron chi connectivity index (χ1n) is 9.99. The molecule has 1 aliphatic heterocycles. The minimum atomic E-state index is 0.0363. The van der Waals surface area contributed by atoms with Crippen LogP contribution >= 0.6 is 11.3 Å². The van der Waals surface area contributed by atoms with Gasteiger partial charge in [-0.1, -0.05) is 38.1 Å². The molecule has 1 amide bonds. The average Bonchev–Trinajstić information content (AvgIpc) is 3.08. The number of likely N-dealkylation sites (N-methyl/N-ethyl adjacent to an activating group) is 1. The number of nitrogens with zero attached hydrogens (tertiary/aromatic N) is 2. The number of hydrogen-bond acceptors (Lipinski definition) is 4. The molecule has 146 valence electrons. The molecule has 1 aromatic carbocycles. The fourth-order valence-electron chi connectivity index (χ4n) is 3.63. The van der Waals surface area contributed by atoms with Gasteiger partial charge in [-0.15, -0.1) is 11.3 Å². The molecule has 0 unspecified atom stereocenters. The molecule has 2 aromatic rings. The van der Waals surface area contributed by atoms with Crippen LogP contribution in [0.25, 0.3) is 0 Å². The van der Waals surface area contributed by atoms with Gasteiger partial charge < -0.3 is 10.2 Å². The number of thiophene rings is 1. The van der Waals surface area contributed by atoms with Gasteiger partial charge in [0.15, 0.2) is 0 Å². The first-order chi connectivity index (χ1) is 13.1. The van der Waals surface area contributed by atoms with Crippen molar-refractivity contribution in [2.75, 3.05) is 32.7 Å². The lowest BCUT2D eigenvalue weighted by Gasteiger charge is -2.34. The molecule has 27 heavy (non-hydrogen) atoms. The van der Waals surface area contributed by atoms with Gasteiger partial charge in [0.1, 0.15) is 0 Å². The molecule has 1 saturated heterocycles. The number of piperazine rings is 1. The number of nitrogens with one attached hydrogen (secondary N) is 1. The van der Waals surface area contributed by atoms with Crippen molar-refractivity contribution in [1.29, 1.82) is 0 Å². The Hall–Kier alpha value is -1.69. The van der Waals surface area contributed by atoms with Crippen molar-refractivity contribution in [1.82, 2.24) is 15.1 Å². The zero-order valence-corrected chi connectivity index (χ0v) is 17.6. The number of rotatable bonds is 7. The number of benzene rings is 1. The number of hydrogen-bond donors (Lipinski definition) is 1. The molecule has 1 aliphatic rings. The van der Waals surface area contributed by atoms with Crippen molar-refractivity contribution in [3.8, 4) is 0 Å². The molecule has 4 nitrogen and oxygen atoms in total. The molecule has 0 bridgehead atoms.